The van der Waals surface area contributed by atoms with Crippen LogP contribution in [0.15, 0.2) is 29.3 Å². The molecule has 3 N–H and O–H groups in total. The molecule has 1 amide bonds. The van der Waals surface area contributed by atoms with E-state index in [4.69, 9.17) is 33.0 Å². The Morgan fingerprint density at radius 3 is 2.97 bits per heavy atom. The summed E-state index contributed by atoms with van der Waals surface area (Å²) in [4.78, 5) is 25.2. The topological polar surface area (TPSA) is 90.9 Å². The number of thioether (sulfide) groups is 2. The van der Waals surface area contributed by atoms with Crippen LogP contribution in [0, 0.1) is 0 Å². The molecule has 3 rings (SSSR count). The first-order valence-corrected chi connectivity index (χ1v) is 12.1. The summed E-state index contributed by atoms with van der Waals surface area (Å²) in [6, 6.07) is 5.63. The van der Waals surface area contributed by atoms with Crippen LogP contribution in [0.5, 0.6) is 0 Å². The van der Waals surface area contributed by atoms with Crippen LogP contribution < -0.4 is 10.6 Å². The van der Waals surface area contributed by atoms with Crippen LogP contribution in [0.25, 0.3) is 0 Å². The van der Waals surface area contributed by atoms with Gasteiger partial charge in [-0.2, -0.15) is 0 Å². The summed E-state index contributed by atoms with van der Waals surface area (Å²) >= 11 is 15.0. The summed E-state index contributed by atoms with van der Waals surface area (Å²) in [6.45, 7) is 3.34. The smallest absolute Gasteiger partial charge is 0.309 e. The van der Waals surface area contributed by atoms with Crippen LogP contribution in [-0.2, 0) is 20.9 Å². The molecule has 30 heavy (non-hydrogen) atoms. The zero-order chi connectivity index (χ0) is 21.5. The van der Waals surface area contributed by atoms with E-state index in [0.29, 0.717) is 34.6 Å². The fourth-order valence-corrected chi connectivity index (χ4v) is 5.38. The number of hydrogen-bond acceptors (Lipinski definition) is 7. The Kier molecular flexibility index (Phi) is 9.03. The largest absolute Gasteiger partial charge is 0.481 e. The average molecular weight is 492 g/mol. The third-order valence-corrected chi connectivity index (χ3v) is 7.60. The lowest BCUT2D eigenvalue weighted by atomic mass is 10.2. The number of amides is 1. The van der Waals surface area contributed by atoms with Crippen LogP contribution in [0.1, 0.15) is 12.0 Å². The SMILES string of the molecule is O=C(O)CC1=CSC(SCC(=O)NC[C@H]2CN(Cc3ccc(Cl)c(Cl)c3)CCO2)N1. The molecule has 0 bridgehead atoms. The number of morpholine rings is 1. The highest BCUT2D eigenvalue weighted by Crippen LogP contribution is 2.30. The maximum atomic E-state index is 12.2. The monoisotopic (exact) mass is 491 g/mol. The Morgan fingerprint density at radius 1 is 1.37 bits per heavy atom. The second-order valence-electron chi connectivity index (χ2n) is 6.92. The van der Waals surface area contributed by atoms with Gasteiger partial charge in [-0.05, 0) is 23.1 Å². The molecule has 0 spiro atoms. The van der Waals surface area contributed by atoms with Crippen molar-refractivity contribution in [2.24, 2.45) is 0 Å². The van der Waals surface area contributed by atoms with E-state index in [9.17, 15) is 9.59 Å². The van der Waals surface area contributed by atoms with Crippen LogP contribution >= 0.6 is 46.7 Å². The van der Waals surface area contributed by atoms with Gasteiger partial charge in [0, 0.05) is 31.9 Å². The first kappa shape index (κ1) is 23.6. The van der Waals surface area contributed by atoms with E-state index < -0.39 is 5.97 Å². The summed E-state index contributed by atoms with van der Waals surface area (Å²) in [7, 11) is 0. The number of carboxylic acid groups (broad SMARTS) is 1. The minimum atomic E-state index is -0.876. The molecule has 2 heterocycles. The van der Waals surface area contributed by atoms with E-state index in [1.54, 1.807) is 11.5 Å². The van der Waals surface area contributed by atoms with Crippen LogP contribution in [0.4, 0.5) is 0 Å². The summed E-state index contributed by atoms with van der Waals surface area (Å²) in [5, 5.41) is 17.7. The van der Waals surface area contributed by atoms with E-state index >= 15 is 0 Å². The molecule has 11 heteroatoms. The number of ether oxygens (including phenoxy) is 1. The number of nitrogens with zero attached hydrogens (tertiary/aromatic N) is 1. The Labute approximate surface area is 193 Å². The lowest BCUT2D eigenvalue weighted by molar-refractivity contribution is -0.136. The second-order valence-corrected chi connectivity index (χ2v) is 10.1. The predicted octanol–water partition coefficient (Wildman–Crippen LogP) is 2.98. The number of nitrogens with one attached hydrogen (secondary N) is 2. The number of benzene rings is 1. The van der Waals surface area contributed by atoms with E-state index in [1.165, 1.54) is 23.5 Å². The molecule has 1 unspecified atom stereocenters. The fraction of sp³-hybridized carbons (Fsp3) is 0.474. The molecule has 1 fully saturated rings. The van der Waals surface area contributed by atoms with Crippen molar-refractivity contribution in [2.45, 2.75) is 23.8 Å². The Hall–Kier alpha value is -1.10. The van der Waals surface area contributed by atoms with Gasteiger partial charge in [-0.1, -0.05) is 41.0 Å². The normalized spacial score (nSPS) is 21.7. The summed E-state index contributed by atoms with van der Waals surface area (Å²) < 4.78 is 5.73. The van der Waals surface area contributed by atoms with E-state index in [1.807, 2.05) is 12.1 Å². The van der Waals surface area contributed by atoms with Crippen molar-refractivity contribution in [3.05, 3.63) is 44.9 Å². The predicted molar refractivity (Wildman–Crippen MR) is 122 cm³/mol. The third kappa shape index (κ3) is 7.55. The highest BCUT2D eigenvalue weighted by molar-refractivity contribution is 8.18. The molecule has 1 saturated heterocycles. The first-order valence-electron chi connectivity index (χ1n) is 9.38. The summed E-state index contributed by atoms with van der Waals surface area (Å²) in [6.07, 6.45) is -0.105. The molecule has 1 aromatic carbocycles. The van der Waals surface area contributed by atoms with Gasteiger partial charge in [-0.3, -0.25) is 14.5 Å². The molecule has 1 aromatic rings. The van der Waals surface area contributed by atoms with Crippen molar-refractivity contribution in [1.29, 1.82) is 0 Å². The van der Waals surface area contributed by atoms with Crippen LogP contribution in [0.3, 0.4) is 0 Å². The molecule has 164 valence electrons. The van der Waals surface area contributed by atoms with Crippen molar-refractivity contribution < 1.29 is 19.4 Å². The maximum absolute atomic E-state index is 12.2. The molecule has 2 atom stereocenters. The van der Waals surface area contributed by atoms with E-state index in [0.717, 1.165) is 25.2 Å². The molecule has 2 aliphatic rings. The number of hydrogen-bond donors (Lipinski definition) is 3. The number of halogens is 2. The Morgan fingerprint density at radius 2 is 2.20 bits per heavy atom. The zero-order valence-corrected chi connectivity index (χ0v) is 19.3. The van der Waals surface area contributed by atoms with Gasteiger partial charge in [0.25, 0.3) is 0 Å². The number of carbonyl (C=O) groups excluding carboxylic acids is 1. The fourth-order valence-electron chi connectivity index (χ4n) is 3.07. The highest BCUT2D eigenvalue weighted by atomic mass is 35.5. The van der Waals surface area contributed by atoms with Crippen molar-refractivity contribution in [3.8, 4) is 0 Å². The molecule has 7 nitrogen and oxygen atoms in total. The van der Waals surface area contributed by atoms with Gasteiger partial charge >= 0.3 is 5.97 Å². The lowest BCUT2D eigenvalue weighted by Gasteiger charge is -2.33. The minimum absolute atomic E-state index is 0.0337. The van der Waals surface area contributed by atoms with Gasteiger partial charge in [0.1, 0.15) is 4.71 Å². The molecule has 0 radical (unpaired) electrons. The molecular weight excluding hydrogens is 469 g/mol. The van der Waals surface area contributed by atoms with Crippen molar-refractivity contribution >= 4 is 58.6 Å². The van der Waals surface area contributed by atoms with Crippen LogP contribution in [-0.4, -0.2) is 64.7 Å². The van der Waals surface area contributed by atoms with Gasteiger partial charge < -0.3 is 20.5 Å². The summed E-state index contributed by atoms with van der Waals surface area (Å²) in [5.74, 6) is -0.656. The number of rotatable bonds is 9. The van der Waals surface area contributed by atoms with Gasteiger partial charge in [-0.25, -0.2) is 0 Å². The molecule has 2 aliphatic heterocycles. The lowest BCUT2D eigenvalue weighted by Crippen LogP contribution is -2.47. The summed E-state index contributed by atoms with van der Waals surface area (Å²) in [5.41, 5.74) is 1.76. The van der Waals surface area contributed by atoms with Crippen LogP contribution in [0.2, 0.25) is 10.0 Å². The maximum Gasteiger partial charge on any atom is 0.309 e. The van der Waals surface area contributed by atoms with Gasteiger partial charge in [-0.15, -0.1) is 11.8 Å². The second kappa shape index (κ2) is 11.5. The molecule has 0 aromatic heterocycles. The van der Waals surface area contributed by atoms with Crippen molar-refractivity contribution in [3.63, 3.8) is 0 Å². The van der Waals surface area contributed by atoms with Crippen molar-refractivity contribution in [2.75, 3.05) is 32.0 Å². The third-order valence-electron chi connectivity index (χ3n) is 4.48. The van der Waals surface area contributed by atoms with Gasteiger partial charge in [0.2, 0.25) is 5.91 Å². The number of aliphatic carboxylic acids is 1. The standard InChI is InChI=1S/C19H23Cl2N3O4S2/c20-15-2-1-12(5-16(15)21)8-24-3-4-28-14(9-24)7-22-17(25)11-30-19-23-13(10-29-19)6-18(26)27/h1-2,5,10,14,19,23H,3-4,6-9,11H2,(H,22,25)(H,26,27)/t14-,19?/m0/s1. The zero-order valence-electron chi connectivity index (χ0n) is 16.1. The quantitative estimate of drug-likeness (QED) is 0.485. The molecule has 0 saturated carbocycles. The molecule has 0 aliphatic carbocycles. The highest BCUT2D eigenvalue weighted by Gasteiger charge is 2.23. The van der Waals surface area contributed by atoms with Gasteiger partial charge in [0.05, 0.1) is 34.9 Å². The van der Waals surface area contributed by atoms with Crippen molar-refractivity contribution in [1.82, 2.24) is 15.5 Å². The number of carboxylic acids is 1. The Bertz CT molecular complexity index is 812. The van der Waals surface area contributed by atoms with E-state index in [2.05, 4.69) is 15.5 Å². The Balaban J connectivity index is 1.34. The van der Waals surface area contributed by atoms with Gasteiger partial charge in [0.15, 0.2) is 0 Å². The molecular formula is C19H23Cl2N3O4S2. The van der Waals surface area contributed by atoms with E-state index in [-0.39, 0.29) is 23.1 Å². The first-order chi connectivity index (χ1) is 14.4. The number of carbonyl (C=O) groups is 2. The minimum Gasteiger partial charge on any atom is -0.481 e. The average Bonchev–Trinajstić information content (AvgIpc) is 3.14.